The lowest BCUT2D eigenvalue weighted by atomic mass is 10.1. The van der Waals surface area contributed by atoms with Gasteiger partial charge in [-0.3, -0.25) is 5.43 Å². The summed E-state index contributed by atoms with van der Waals surface area (Å²) in [6.07, 6.45) is 1.80. The molecule has 0 bridgehead atoms. The molecule has 0 saturated heterocycles. The second-order valence-electron chi connectivity index (χ2n) is 4.77. The van der Waals surface area contributed by atoms with Crippen molar-refractivity contribution >= 4 is 34.4 Å². The van der Waals surface area contributed by atoms with Crippen LogP contribution in [0.5, 0.6) is 0 Å². The maximum absolute atomic E-state index is 5.03. The fraction of sp³-hybridized carbons (Fsp3) is 0.0588. The van der Waals surface area contributed by atoms with Gasteiger partial charge in [-0.05, 0) is 23.8 Å². The number of thiocarbonyl (C=S) groups is 1. The summed E-state index contributed by atoms with van der Waals surface area (Å²) >= 11 is 5.03. The van der Waals surface area contributed by atoms with Gasteiger partial charge in [0.2, 0.25) is 0 Å². The Hall–Kier alpha value is -2.66. The quantitative estimate of drug-likeness (QED) is 0.395. The van der Waals surface area contributed by atoms with E-state index in [2.05, 4.69) is 45.1 Å². The SMILES string of the molecule is CNC(=S)N/N=C/c1c(-c2ccccc2)[nH]c2ccccc12. The zero-order chi connectivity index (χ0) is 15.4. The minimum Gasteiger partial charge on any atom is -0.364 e. The van der Waals surface area contributed by atoms with E-state index in [9.17, 15) is 0 Å². The average molecular weight is 308 g/mol. The lowest BCUT2D eigenvalue weighted by Crippen LogP contribution is -2.28. The lowest BCUT2D eigenvalue weighted by molar-refractivity contribution is 0.982. The predicted molar refractivity (Wildman–Crippen MR) is 96.1 cm³/mol. The Morgan fingerprint density at radius 3 is 2.59 bits per heavy atom. The fourth-order valence-corrected chi connectivity index (χ4v) is 2.39. The molecule has 0 unspecified atom stereocenters. The minimum absolute atomic E-state index is 0.484. The van der Waals surface area contributed by atoms with Crippen LogP contribution in [0.3, 0.4) is 0 Å². The molecule has 0 aliphatic carbocycles. The second kappa shape index (κ2) is 6.41. The zero-order valence-corrected chi connectivity index (χ0v) is 12.9. The Bertz CT molecular complexity index is 821. The number of hydrogen-bond acceptors (Lipinski definition) is 2. The molecule has 0 amide bonds. The van der Waals surface area contributed by atoms with Gasteiger partial charge >= 0.3 is 0 Å². The number of rotatable bonds is 3. The summed E-state index contributed by atoms with van der Waals surface area (Å²) in [5.74, 6) is 0. The standard InChI is InChI=1S/C17H16N4S/c1-18-17(22)21-19-11-14-13-9-5-6-10-15(13)20-16(14)12-7-3-2-4-8-12/h2-11,20H,1H3,(H2,18,21,22)/b19-11+. The summed E-state index contributed by atoms with van der Waals surface area (Å²) in [7, 11) is 1.76. The van der Waals surface area contributed by atoms with Gasteiger partial charge in [-0.25, -0.2) is 0 Å². The molecule has 0 atom stereocenters. The van der Waals surface area contributed by atoms with Crippen molar-refractivity contribution < 1.29 is 0 Å². The molecule has 22 heavy (non-hydrogen) atoms. The number of nitrogens with one attached hydrogen (secondary N) is 3. The lowest BCUT2D eigenvalue weighted by Gasteiger charge is -2.02. The van der Waals surface area contributed by atoms with Crippen LogP contribution in [0.4, 0.5) is 0 Å². The van der Waals surface area contributed by atoms with Crippen LogP contribution < -0.4 is 10.7 Å². The van der Waals surface area contributed by atoms with Gasteiger partial charge in [0.15, 0.2) is 5.11 Å². The summed E-state index contributed by atoms with van der Waals surface area (Å²) in [5, 5.41) is 8.66. The van der Waals surface area contributed by atoms with E-state index in [1.54, 1.807) is 13.3 Å². The number of fused-ring (bicyclic) bond motifs is 1. The summed E-state index contributed by atoms with van der Waals surface area (Å²) in [6.45, 7) is 0. The zero-order valence-electron chi connectivity index (χ0n) is 12.1. The maximum Gasteiger partial charge on any atom is 0.186 e. The molecule has 4 nitrogen and oxygen atoms in total. The first-order valence-electron chi connectivity index (χ1n) is 6.96. The van der Waals surface area contributed by atoms with E-state index < -0.39 is 0 Å². The van der Waals surface area contributed by atoms with E-state index in [-0.39, 0.29) is 0 Å². The van der Waals surface area contributed by atoms with Crippen molar-refractivity contribution in [2.75, 3.05) is 7.05 Å². The van der Waals surface area contributed by atoms with Gasteiger partial charge in [-0.2, -0.15) is 5.10 Å². The van der Waals surface area contributed by atoms with Crippen molar-refractivity contribution in [2.45, 2.75) is 0 Å². The van der Waals surface area contributed by atoms with E-state index in [0.29, 0.717) is 5.11 Å². The van der Waals surface area contributed by atoms with Crippen molar-refractivity contribution in [2.24, 2.45) is 5.10 Å². The third-order valence-electron chi connectivity index (χ3n) is 3.40. The van der Waals surface area contributed by atoms with Crippen molar-refractivity contribution in [1.82, 2.24) is 15.7 Å². The number of H-pyrrole nitrogens is 1. The van der Waals surface area contributed by atoms with Crippen molar-refractivity contribution in [3.63, 3.8) is 0 Å². The highest BCUT2D eigenvalue weighted by Gasteiger charge is 2.10. The first kappa shape index (κ1) is 14.3. The van der Waals surface area contributed by atoms with Crippen LogP contribution in [-0.4, -0.2) is 23.4 Å². The molecule has 1 aromatic heterocycles. The summed E-state index contributed by atoms with van der Waals surface area (Å²) < 4.78 is 0. The minimum atomic E-state index is 0.484. The van der Waals surface area contributed by atoms with Gasteiger partial charge in [0, 0.05) is 23.5 Å². The Kier molecular flexibility index (Phi) is 4.16. The molecule has 0 aliphatic rings. The van der Waals surface area contributed by atoms with Crippen LogP contribution in [0, 0.1) is 0 Å². The maximum atomic E-state index is 5.03. The summed E-state index contributed by atoms with van der Waals surface area (Å²) in [6, 6.07) is 18.4. The van der Waals surface area contributed by atoms with Crippen LogP contribution in [0.2, 0.25) is 0 Å². The van der Waals surface area contributed by atoms with Gasteiger partial charge in [-0.1, -0.05) is 48.5 Å². The molecule has 0 spiro atoms. The normalized spacial score (nSPS) is 11.0. The molecule has 5 heteroatoms. The molecule has 3 rings (SSSR count). The van der Waals surface area contributed by atoms with Gasteiger partial charge in [0.1, 0.15) is 0 Å². The number of nitrogens with zero attached hydrogens (tertiary/aromatic N) is 1. The molecule has 2 aromatic carbocycles. The molecule has 3 aromatic rings. The summed E-state index contributed by atoms with van der Waals surface area (Å²) in [5.41, 5.74) is 7.07. The van der Waals surface area contributed by atoms with Gasteiger partial charge in [0.25, 0.3) is 0 Å². The van der Waals surface area contributed by atoms with Crippen LogP contribution in [0.15, 0.2) is 59.7 Å². The molecule has 1 heterocycles. The van der Waals surface area contributed by atoms with Crippen molar-refractivity contribution in [3.05, 3.63) is 60.2 Å². The molecule has 0 radical (unpaired) electrons. The van der Waals surface area contributed by atoms with E-state index in [1.165, 1.54) is 0 Å². The fourth-order valence-electron chi connectivity index (χ4n) is 2.34. The Morgan fingerprint density at radius 1 is 1.09 bits per heavy atom. The van der Waals surface area contributed by atoms with Crippen LogP contribution in [0.1, 0.15) is 5.56 Å². The van der Waals surface area contributed by atoms with Crippen LogP contribution in [-0.2, 0) is 0 Å². The average Bonchev–Trinajstić information content (AvgIpc) is 2.94. The largest absolute Gasteiger partial charge is 0.364 e. The van der Waals surface area contributed by atoms with E-state index in [4.69, 9.17) is 12.2 Å². The van der Waals surface area contributed by atoms with Gasteiger partial charge < -0.3 is 10.3 Å². The first-order chi connectivity index (χ1) is 10.8. The smallest absolute Gasteiger partial charge is 0.186 e. The highest BCUT2D eigenvalue weighted by Crippen LogP contribution is 2.28. The molecule has 0 fully saturated rings. The number of hydrazone groups is 1. The predicted octanol–water partition coefficient (Wildman–Crippen LogP) is 3.26. The van der Waals surface area contributed by atoms with Crippen LogP contribution >= 0.6 is 12.2 Å². The first-order valence-corrected chi connectivity index (χ1v) is 7.37. The number of aromatic amines is 1. The summed E-state index contributed by atoms with van der Waals surface area (Å²) in [4.78, 5) is 3.47. The van der Waals surface area contributed by atoms with Crippen molar-refractivity contribution in [1.29, 1.82) is 0 Å². The van der Waals surface area contributed by atoms with Crippen LogP contribution in [0.25, 0.3) is 22.2 Å². The Balaban J connectivity index is 2.08. The topological polar surface area (TPSA) is 52.2 Å². The van der Waals surface area contributed by atoms with E-state index in [0.717, 1.165) is 27.7 Å². The van der Waals surface area contributed by atoms with Gasteiger partial charge in [-0.15, -0.1) is 0 Å². The number of benzene rings is 2. The number of para-hydroxylation sites is 1. The third-order valence-corrected chi connectivity index (χ3v) is 3.69. The Morgan fingerprint density at radius 2 is 1.82 bits per heavy atom. The molecular weight excluding hydrogens is 292 g/mol. The number of hydrogen-bond donors (Lipinski definition) is 3. The third kappa shape index (κ3) is 2.84. The van der Waals surface area contributed by atoms with Crippen molar-refractivity contribution in [3.8, 4) is 11.3 Å². The molecule has 0 saturated carbocycles. The highest BCUT2D eigenvalue weighted by molar-refractivity contribution is 7.80. The highest BCUT2D eigenvalue weighted by atomic mass is 32.1. The molecule has 3 N–H and O–H groups in total. The van der Waals surface area contributed by atoms with E-state index in [1.807, 2.05) is 30.3 Å². The van der Waals surface area contributed by atoms with Gasteiger partial charge in [0.05, 0.1) is 11.9 Å². The number of aromatic nitrogens is 1. The molecular formula is C17H16N4S. The Labute approximate surface area is 134 Å². The second-order valence-corrected chi connectivity index (χ2v) is 5.18. The van der Waals surface area contributed by atoms with E-state index >= 15 is 0 Å². The monoisotopic (exact) mass is 308 g/mol. The molecule has 0 aliphatic heterocycles. The molecule has 110 valence electrons.